The number of guanidine groups is 1. The summed E-state index contributed by atoms with van der Waals surface area (Å²) >= 11 is 3.49. The lowest BCUT2D eigenvalue weighted by molar-refractivity contribution is 0.143. The summed E-state index contributed by atoms with van der Waals surface area (Å²) in [6, 6.07) is 6.03. The van der Waals surface area contributed by atoms with Crippen LogP contribution in [0.3, 0.4) is 0 Å². The third-order valence-electron chi connectivity index (χ3n) is 3.11. The second-order valence-electron chi connectivity index (χ2n) is 4.73. The third-order valence-corrected chi connectivity index (χ3v) is 3.73. The minimum absolute atomic E-state index is 0. The van der Waals surface area contributed by atoms with Crippen molar-refractivity contribution in [2.45, 2.75) is 26.3 Å². The smallest absolute Gasteiger partial charge is 0.191 e. The van der Waals surface area contributed by atoms with Crippen LogP contribution < -0.4 is 15.4 Å². The Hall–Kier alpha value is -0.540. The molecule has 23 heavy (non-hydrogen) atoms. The van der Waals surface area contributed by atoms with Gasteiger partial charge in [0.25, 0.3) is 0 Å². The maximum Gasteiger partial charge on any atom is 0.191 e. The van der Waals surface area contributed by atoms with Gasteiger partial charge in [0, 0.05) is 33.4 Å². The fourth-order valence-corrected chi connectivity index (χ4v) is 2.49. The van der Waals surface area contributed by atoms with Crippen LogP contribution in [-0.4, -0.2) is 39.9 Å². The zero-order valence-corrected chi connectivity index (χ0v) is 17.9. The fraction of sp³-hybridized carbons (Fsp3) is 0.562. The lowest BCUT2D eigenvalue weighted by Crippen LogP contribution is -2.37. The summed E-state index contributed by atoms with van der Waals surface area (Å²) in [7, 11) is 3.44. The van der Waals surface area contributed by atoms with Gasteiger partial charge < -0.3 is 20.1 Å². The molecule has 0 heterocycles. The van der Waals surface area contributed by atoms with E-state index in [1.807, 2.05) is 25.1 Å². The Labute approximate surface area is 164 Å². The van der Waals surface area contributed by atoms with Crippen LogP contribution in [0.25, 0.3) is 0 Å². The highest BCUT2D eigenvalue weighted by Gasteiger charge is 2.02. The van der Waals surface area contributed by atoms with Crippen molar-refractivity contribution in [3.8, 4) is 5.75 Å². The first-order valence-corrected chi connectivity index (χ1v) is 8.35. The molecule has 0 amide bonds. The Kier molecular flexibility index (Phi) is 13.5. The number of hydrogen-bond acceptors (Lipinski definition) is 3. The van der Waals surface area contributed by atoms with Gasteiger partial charge in [-0.1, -0.05) is 6.07 Å². The van der Waals surface area contributed by atoms with E-state index < -0.39 is 0 Å². The van der Waals surface area contributed by atoms with Gasteiger partial charge in [-0.25, -0.2) is 0 Å². The predicted molar refractivity (Wildman–Crippen MR) is 110 cm³/mol. The van der Waals surface area contributed by atoms with Gasteiger partial charge in [0.1, 0.15) is 5.75 Å². The van der Waals surface area contributed by atoms with Crippen molar-refractivity contribution >= 4 is 45.9 Å². The normalized spacial score (nSPS) is 10.9. The summed E-state index contributed by atoms with van der Waals surface area (Å²) in [4.78, 5) is 4.22. The van der Waals surface area contributed by atoms with Gasteiger partial charge in [-0.15, -0.1) is 24.0 Å². The van der Waals surface area contributed by atoms with E-state index in [0.717, 1.165) is 54.3 Å². The number of unbranched alkanes of at least 4 members (excludes halogenated alkanes) is 1. The minimum Gasteiger partial charge on any atom is -0.496 e. The maximum absolute atomic E-state index is 5.31. The van der Waals surface area contributed by atoms with Crippen molar-refractivity contribution < 1.29 is 9.47 Å². The molecule has 2 N–H and O–H groups in total. The number of ether oxygens (including phenoxy) is 2. The molecule has 0 spiro atoms. The highest BCUT2D eigenvalue weighted by molar-refractivity contribution is 14.0. The molecule has 1 aromatic rings. The largest absolute Gasteiger partial charge is 0.496 e. The number of nitrogens with zero attached hydrogens (tertiary/aromatic N) is 1. The minimum atomic E-state index is 0. The monoisotopic (exact) mass is 499 g/mol. The zero-order chi connectivity index (χ0) is 16.2. The Morgan fingerprint density at radius 3 is 2.65 bits per heavy atom. The molecule has 0 radical (unpaired) electrons. The van der Waals surface area contributed by atoms with E-state index in [9.17, 15) is 0 Å². The van der Waals surface area contributed by atoms with Crippen LogP contribution in [0.1, 0.15) is 25.3 Å². The lowest BCUT2D eigenvalue weighted by Gasteiger charge is -2.12. The number of nitrogens with one attached hydrogen (secondary N) is 2. The van der Waals surface area contributed by atoms with Gasteiger partial charge >= 0.3 is 0 Å². The van der Waals surface area contributed by atoms with E-state index in [0.29, 0.717) is 6.54 Å². The van der Waals surface area contributed by atoms with E-state index in [1.54, 1.807) is 14.2 Å². The highest BCUT2D eigenvalue weighted by Crippen LogP contribution is 2.25. The number of rotatable bonds is 9. The maximum atomic E-state index is 5.31. The summed E-state index contributed by atoms with van der Waals surface area (Å²) in [6.07, 6.45) is 2.12. The van der Waals surface area contributed by atoms with Crippen molar-refractivity contribution in [2.75, 3.05) is 33.9 Å². The topological polar surface area (TPSA) is 54.9 Å². The van der Waals surface area contributed by atoms with E-state index in [1.165, 1.54) is 0 Å². The Balaban J connectivity index is 0.00000484. The van der Waals surface area contributed by atoms with Crippen LogP contribution in [-0.2, 0) is 11.3 Å². The van der Waals surface area contributed by atoms with E-state index in [4.69, 9.17) is 9.47 Å². The zero-order valence-electron chi connectivity index (χ0n) is 14.0. The van der Waals surface area contributed by atoms with Crippen molar-refractivity contribution in [1.29, 1.82) is 0 Å². The number of methoxy groups -OCH3 is 1. The van der Waals surface area contributed by atoms with Crippen LogP contribution in [0.4, 0.5) is 0 Å². The molecule has 132 valence electrons. The van der Waals surface area contributed by atoms with Crippen LogP contribution in [0.15, 0.2) is 27.7 Å². The van der Waals surface area contributed by atoms with Gasteiger partial charge in [0.05, 0.1) is 11.6 Å². The second kappa shape index (κ2) is 13.9. The Morgan fingerprint density at radius 1 is 1.26 bits per heavy atom. The second-order valence-corrected chi connectivity index (χ2v) is 5.58. The molecule has 5 nitrogen and oxygen atoms in total. The first-order valence-electron chi connectivity index (χ1n) is 7.56. The first kappa shape index (κ1) is 22.5. The van der Waals surface area contributed by atoms with Crippen LogP contribution in [0.5, 0.6) is 5.75 Å². The SMILES string of the molecule is CCOCCCCNC(=NC)NCc1ccc(OC)c(Br)c1.I. The molecule has 0 aliphatic heterocycles. The average Bonchev–Trinajstić information content (AvgIpc) is 2.53. The molecule has 0 unspecified atom stereocenters. The summed E-state index contributed by atoms with van der Waals surface area (Å²) in [5.41, 5.74) is 1.16. The first-order chi connectivity index (χ1) is 10.7. The van der Waals surface area contributed by atoms with Crippen LogP contribution in [0, 0.1) is 0 Å². The van der Waals surface area contributed by atoms with Gasteiger partial charge in [-0.05, 0) is 53.4 Å². The van der Waals surface area contributed by atoms with Crippen LogP contribution in [0.2, 0.25) is 0 Å². The molecule has 0 aliphatic rings. The van der Waals surface area contributed by atoms with Crippen LogP contribution >= 0.6 is 39.9 Å². The number of hydrogen-bond donors (Lipinski definition) is 2. The molecule has 0 saturated carbocycles. The van der Waals surface area contributed by atoms with Crippen molar-refractivity contribution in [1.82, 2.24) is 10.6 Å². The number of benzene rings is 1. The molecule has 1 aromatic carbocycles. The summed E-state index contributed by atoms with van der Waals surface area (Å²) < 4.78 is 11.5. The number of aliphatic imine (C=N–C) groups is 1. The Bertz CT molecular complexity index is 473. The van der Waals surface area contributed by atoms with E-state index >= 15 is 0 Å². The molecule has 0 saturated heterocycles. The van der Waals surface area contributed by atoms with Crippen molar-refractivity contribution in [2.24, 2.45) is 4.99 Å². The van der Waals surface area contributed by atoms with Gasteiger partial charge in [-0.3, -0.25) is 4.99 Å². The predicted octanol–water partition coefficient (Wildman–Crippen LogP) is 3.56. The lowest BCUT2D eigenvalue weighted by atomic mass is 10.2. The molecular weight excluding hydrogens is 473 g/mol. The molecule has 0 fully saturated rings. The quantitative estimate of drug-likeness (QED) is 0.236. The molecule has 7 heteroatoms. The third kappa shape index (κ3) is 9.36. The fourth-order valence-electron chi connectivity index (χ4n) is 1.91. The molecule has 1 rings (SSSR count). The summed E-state index contributed by atoms with van der Waals surface area (Å²) in [6.45, 7) is 5.22. The molecule has 0 aromatic heterocycles. The van der Waals surface area contributed by atoms with Gasteiger partial charge in [-0.2, -0.15) is 0 Å². The van der Waals surface area contributed by atoms with Crippen molar-refractivity contribution in [3.63, 3.8) is 0 Å². The van der Waals surface area contributed by atoms with Gasteiger partial charge in [0.15, 0.2) is 5.96 Å². The summed E-state index contributed by atoms with van der Waals surface area (Å²) in [5, 5.41) is 6.60. The van der Waals surface area contributed by atoms with E-state index in [-0.39, 0.29) is 24.0 Å². The van der Waals surface area contributed by atoms with E-state index in [2.05, 4.69) is 31.6 Å². The molecule has 0 atom stereocenters. The standard InChI is InChI=1S/C16H26BrN3O2.HI/c1-4-22-10-6-5-9-19-16(18-2)20-12-13-7-8-15(21-3)14(17)11-13;/h7-8,11H,4-6,9-10,12H2,1-3H3,(H2,18,19,20);1H. The molecule has 0 aliphatic carbocycles. The summed E-state index contributed by atoms with van der Waals surface area (Å²) in [5.74, 6) is 1.64. The number of halogens is 2. The highest BCUT2D eigenvalue weighted by atomic mass is 127. The molecule has 0 bridgehead atoms. The average molecular weight is 500 g/mol. The Morgan fingerprint density at radius 2 is 2.04 bits per heavy atom. The van der Waals surface area contributed by atoms with Gasteiger partial charge in [0.2, 0.25) is 0 Å². The van der Waals surface area contributed by atoms with Crippen molar-refractivity contribution in [3.05, 3.63) is 28.2 Å². The molecular formula is C16H27BrIN3O2.